The highest BCUT2D eigenvalue weighted by molar-refractivity contribution is 5.91. The summed E-state index contributed by atoms with van der Waals surface area (Å²) >= 11 is 0. The van der Waals surface area contributed by atoms with Crippen molar-refractivity contribution in [3.8, 4) is 0 Å². The quantitative estimate of drug-likeness (QED) is 0.688. The van der Waals surface area contributed by atoms with Gasteiger partial charge in [-0.2, -0.15) is 0 Å². The molecule has 146 valence electrons. The Morgan fingerprint density at radius 3 is 2.71 bits per heavy atom. The molecule has 0 aliphatic heterocycles. The van der Waals surface area contributed by atoms with Crippen molar-refractivity contribution in [2.24, 2.45) is 0 Å². The number of nitrogens with zero attached hydrogens (tertiary/aromatic N) is 2. The number of fused-ring (bicyclic) bond motifs is 1. The molecule has 0 unspecified atom stereocenters. The van der Waals surface area contributed by atoms with Gasteiger partial charge in [0.2, 0.25) is 5.91 Å². The Bertz CT molecular complexity index is 955. The van der Waals surface area contributed by atoms with E-state index in [-0.39, 0.29) is 36.7 Å². The van der Waals surface area contributed by atoms with Crippen LogP contribution < -0.4 is 10.6 Å². The summed E-state index contributed by atoms with van der Waals surface area (Å²) in [4.78, 5) is 29.4. The normalized spacial score (nSPS) is 14.9. The number of amides is 2. The van der Waals surface area contributed by atoms with E-state index in [1.165, 1.54) is 25.5 Å². The van der Waals surface area contributed by atoms with Crippen molar-refractivity contribution in [3.63, 3.8) is 0 Å². The van der Waals surface area contributed by atoms with Gasteiger partial charge >= 0.3 is 0 Å². The Hall–Kier alpha value is -3.09. The van der Waals surface area contributed by atoms with Crippen LogP contribution in [-0.2, 0) is 17.9 Å². The van der Waals surface area contributed by atoms with Crippen LogP contribution in [-0.4, -0.2) is 27.4 Å². The highest BCUT2D eigenvalue weighted by Crippen LogP contribution is 2.19. The minimum atomic E-state index is -0.310. The lowest BCUT2D eigenvalue weighted by molar-refractivity contribution is -0.122. The molecule has 1 aromatic carbocycles. The Labute approximate surface area is 163 Å². The second-order valence-corrected chi connectivity index (χ2v) is 7.17. The summed E-state index contributed by atoms with van der Waals surface area (Å²) in [5.41, 5.74) is 1.68. The number of imidazole rings is 1. The molecule has 1 aliphatic carbocycles. The van der Waals surface area contributed by atoms with E-state index in [0.717, 1.165) is 23.9 Å². The molecular formula is C21H24N4O3. The van der Waals surface area contributed by atoms with Gasteiger partial charge in [-0.15, -0.1) is 0 Å². The van der Waals surface area contributed by atoms with Gasteiger partial charge in [0.1, 0.15) is 12.4 Å². The lowest BCUT2D eigenvalue weighted by Crippen LogP contribution is -2.38. The summed E-state index contributed by atoms with van der Waals surface area (Å²) in [7, 11) is 0. The van der Waals surface area contributed by atoms with Crippen LogP contribution >= 0.6 is 0 Å². The predicted molar refractivity (Wildman–Crippen MR) is 105 cm³/mol. The van der Waals surface area contributed by atoms with Crippen molar-refractivity contribution >= 4 is 22.8 Å². The molecular weight excluding hydrogens is 356 g/mol. The van der Waals surface area contributed by atoms with Crippen molar-refractivity contribution < 1.29 is 14.0 Å². The van der Waals surface area contributed by atoms with E-state index in [4.69, 9.17) is 4.42 Å². The molecule has 28 heavy (non-hydrogen) atoms. The third-order valence-corrected chi connectivity index (χ3v) is 5.16. The second kappa shape index (κ2) is 8.29. The Kier molecular flexibility index (Phi) is 5.41. The number of hydrogen-bond acceptors (Lipinski definition) is 4. The van der Waals surface area contributed by atoms with E-state index in [0.29, 0.717) is 5.82 Å². The summed E-state index contributed by atoms with van der Waals surface area (Å²) in [6, 6.07) is 11.2. The minimum absolute atomic E-state index is 0.0198. The first-order valence-electron chi connectivity index (χ1n) is 9.76. The van der Waals surface area contributed by atoms with Crippen LogP contribution in [0.1, 0.15) is 48.5 Å². The van der Waals surface area contributed by atoms with Gasteiger partial charge < -0.3 is 19.6 Å². The standard InChI is InChI=1S/C21H24N4O3/c26-20(23-15-7-2-1-3-8-15)14-25-17-10-5-4-9-16(17)24-19(25)13-22-21(27)18-11-6-12-28-18/h4-6,9-12,15H,1-3,7-8,13-14H2,(H,22,27)(H,23,26). The summed E-state index contributed by atoms with van der Waals surface area (Å²) in [5, 5.41) is 5.96. The van der Waals surface area contributed by atoms with Gasteiger partial charge in [0, 0.05) is 6.04 Å². The summed E-state index contributed by atoms with van der Waals surface area (Å²) in [6.07, 6.45) is 7.13. The lowest BCUT2D eigenvalue weighted by Gasteiger charge is -2.23. The molecule has 7 nitrogen and oxygen atoms in total. The first kappa shape index (κ1) is 18.3. The summed E-state index contributed by atoms with van der Waals surface area (Å²) in [5.74, 6) is 0.557. The van der Waals surface area contributed by atoms with E-state index in [1.807, 2.05) is 28.8 Å². The molecule has 2 N–H and O–H groups in total. The number of carbonyl (C=O) groups excluding carboxylic acids is 2. The number of rotatable bonds is 6. The van der Waals surface area contributed by atoms with Gasteiger partial charge in [0.25, 0.3) is 5.91 Å². The summed E-state index contributed by atoms with van der Waals surface area (Å²) in [6.45, 7) is 0.397. The van der Waals surface area contributed by atoms with Crippen LogP contribution in [0.15, 0.2) is 47.1 Å². The Balaban J connectivity index is 1.49. The number of para-hydroxylation sites is 2. The number of nitrogens with one attached hydrogen (secondary N) is 2. The van der Waals surface area contributed by atoms with Crippen LogP contribution in [0.2, 0.25) is 0 Å². The fraction of sp³-hybridized carbons (Fsp3) is 0.381. The average molecular weight is 380 g/mol. The number of hydrogen-bond donors (Lipinski definition) is 2. The average Bonchev–Trinajstić information content (AvgIpc) is 3.36. The molecule has 2 amide bonds. The molecule has 0 atom stereocenters. The first-order valence-corrected chi connectivity index (χ1v) is 9.76. The topological polar surface area (TPSA) is 89.2 Å². The van der Waals surface area contributed by atoms with Crippen molar-refractivity contribution in [1.29, 1.82) is 0 Å². The van der Waals surface area contributed by atoms with E-state index in [9.17, 15) is 9.59 Å². The zero-order chi connectivity index (χ0) is 19.3. The third kappa shape index (κ3) is 4.08. The van der Waals surface area contributed by atoms with Gasteiger partial charge in [0.05, 0.1) is 23.8 Å². The van der Waals surface area contributed by atoms with Crippen LogP contribution in [0.3, 0.4) is 0 Å². The van der Waals surface area contributed by atoms with Crippen molar-refractivity contribution in [1.82, 2.24) is 20.2 Å². The number of benzene rings is 1. The van der Waals surface area contributed by atoms with Crippen molar-refractivity contribution in [2.75, 3.05) is 0 Å². The van der Waals surface area contributed by atoms with Gasteiger partial charge in [0.15, 0.2) is 5.76 Å². The highest BCUT2D eigenvalue weighted by Gasteiger charge is 2.19. The molecule has 0 radical (unpaired) electrons. The lowest BCUT2D eigenvalue weighted by atomic mass is 9.95. The fourth-order valence-electron chi connectivity index (χ4n) is 3.75. The molecule has 4 rings (SSSR count). The van der Waals surface area contributed by atoms with Gasteiger partial charge in [-0.05, 0) is 37.1 Å². The Morgan fingerprint density at radius 2 is 1.93 bits per heavy atom. The molecule has 0 spiro atoms. The first-order chi connectivity index (χ1) is 13.7. The number of aromatic nitrogens is 2. The maximum Gasteiger partial charge on any atom is 0.287 e. The zero-order valence-corrected chi connectivity index (χ0v) is 15.7. The van der Waals surface area contributed by atoms with E-state index in [1.54, 1.807) is 12.1 Å². The highest BCUT2D eigenvalue weighted by atomic mass is 16.3. The smallest absolute Gasteiger partial charge is 0.287 e. The number of furan rings is 1. The maximum atomic E-state index is 12.6. The minimum Gasteiger partial charge on any atom is -0.459 e. The van der Waals surface area contributed by atoms with Gasteiger partial charge in [-0.1, -0.05) is 31.4 Å². The van der Waals surface area contributed by atoms with Crippen LogP contribution in [0.25, 0.3) is 11.0 Å². The largest absolute Gasteiger partial charge is 0.459 e. The molecule has 7 heteroatoms. The Morgan fingerprint density at radius 1 is 1.11 bits per heavy atom. The zero-order valence-electron chi connectivity index (χ0n) is 15.7. The molecule has 2 aromatic heterocycles. The maximum absolute atomic E-state index is 12.6. The monoisotopic (exact) mass is 380 g/mol. The molecule has 2 heterocycles. The third-order valence-electron chi connectivity index (χ3n) is 5.16. The molecule has 1 aliphatic rings. The van der Waals surface area contributed by atoms with Gasteiger partial charge in [-0.3, -0.25) is 9.59 Å². The van der Waals surface area contributed by atoms with E-state index in [2.05, 4.69) is 15.6 Å². The molecule has 1 saturated carbocycles. The molecule has 3 aromatic rings. The number of carbonyl (C=O) groups is 2. The molecule has 1 fully saturated rings. The summed E-state index contributed by atoms with van der Waals surface area (Å²) < 4.78 is 6.99. The SMILES string of the molecule is O=C(Cn1c(CNC(=O)c2ccco2)nc2ccccc21)NC1CCCCC1. The fourth-order valence-corrected chi connectivity index (χ4v) is 3.75. The molecule has 0 saturated heterocycles. The van der Waals surface area contributed by atoms with Crippen LogP contribution in [0, 0.1) is 0 Å². The van der Waals surface area contributed by atoms with Crippen molar-refractivity contribution in [2.45, 2.75) is 51.2 Å². The van der Waals surface area contributed by atoms with Crippen LogP contribution in [0.4, 0.5) is 0 Å². The second-order valence-electron chi connectivity index (χ2n) is 7.17. The van der Waals surface area contributed by atoms with Crippen LogP contribution in [0.5, 0.6) is 0 Å². The van der Waals surface area contributed by atoms with E-state index >= 15 is 0 Å². The van der Waals surface area contributed by atoms with E-state index < -0.39 is 0 Å². The van der Waals surface area contributed by atoms with Gasteiger partial charge in [-0.25, -0.2) is 4.98 Å². The van der Waals surface area contributed by atoms with Crippen molar-refractivity contribution in [3.05, 3.63) is 54.2 Å². The predicted octanol–water partition coefficient (Wildman–Crippen LogP) is 3.01. The molecule has 0 bridgehead atoms.